The number of sulfonamides is 1. The Morgan fingerprint density at radius 3 is 2.45 bits per heavy atom. The summed E-state index contributed by atoms with van der Waals surface area (Å²) in [4.78, 5) is 25.2. The largest absolute Gasteiger partial charge is 0.454 e. The molecule has 0 bridgehead atoms. The maximum atomic E-state index is 12.3. The Kier molecular flexibility index (Phi) is 6.19. The summed E-state index contributed by atoms with van der Waals surface area (Å²) in [5, 5.41) is 0. The molecule has 0 atom stereocenters. The minimum atomic E-state index is -3.75. The first kappa shape index (κ1) is 20.8. The van der Waals surface area contributed by atoms with Gasteiger partial charge in [0, 0.05) is 32.1 Å². The van der Waals surface area contributed by atoms with E-state index in [4.69, 9.17) is 9.47 Å². The molecule has 2 aromatic rings. The van der Waals surface area contributed by atoms with E-state index in [2.05, 4.69) is 4.72 Å². The summed E-state index contributed by atoms with van der Waals surface area (Å²) < 4.78 is 37.6. The molecule has 1 amide bonds. The predicted molar refractivity (Wildman–Crippen MR) is 105 cm³/mol. The third kappa shape index (κ3) is 5.12. The monoisotopic (exact) mass is 418 g/mol. The average Bonchev–Trinajstić information content (AvgIpc) is 3.15. The zero-order chi connectivity index (χ0) is 21.0. The van der Waals surface area contributed by atoms with Crippen LogP contribution in [0.4, 0.5) is 0 Å². The number of nitrogens with zero attached hydrogens (tertiary/aromatic N) is 1. The van der Waals surface area contributed by atoms with Crippen LogP contribution in [0.15, 0.2) is 47.4 Å². The predicted octanol–water partition coefficient (Wildman–Crippen LogP) is 1.94. The molecule has 1 aliphatic rings. The maximum Gasteiger partial charge on any atom is 0.240 e. The first-order valence-electron chi connectivity index (χ1n) is 8.99. The topological polar surface area (TPSA) is 102 Å². The number of hydrogen-bond donors (Lipinski definition) is 1. The van der Waals surface area contributed by atoms with Gasteiger partial charge in [-0.05, 0) is 36.8 Å². The second-order valence-electron chi connectivity index (χ2n) is 6.67. The van der Waals surface area contributed by atoms with Crippen LogP contribution in [0.25, 0.3) is 0 Å². The minimum Gasteiger partial charge on any atom is -0.454 e. The standard InChI is InChI=1S/C20H22N2O6S/c1-14(23)16-4-6-17(7-5-16)29(25,26)21-10-9-20(24)22(2)12-15-3-8-18-19(11-15)28-13-27-18/h3-8,11,21H,9-10,12-13H2,1-2H3. The van der Waals surface area contributed by atoms with Crippen LogP contribution < -0.4 is 14.2 Å². The summed E-state index contributed by atoms with van der Waals surface area (Å²) in [5.74, 6) is 0.982. The van der Waals surface area contributed by atoms with Crippen molar-refractivity contribution in [2.24, 2.45) is 0 Å². The molecule has 8 nitrogen and oxygen atoms in total. The molecule has 0 spiro atoms. The summed E-state index contributed by atoms with van der Waals surface area (Å²) in [5.41, 5.74) is 1.32. The minimum absolute atomic E-state index is 0.0197. The van der Waals surface area contributed by atoms with Gasteiger partial charge in [-0.15, -0.1) is 0 Å². The zero-order valence-electron chi connectivity index (χ0n) is 16.2. The van der Waals surface area contributed by atoms with Crippen molar-refractivity contribution in [2.45, 2.75) is 24.8 Å². The molecule has 29 heavy (non-hydrogen) atoms. The summed E-state index contributed by atoms with van der Waals surface area (Å²) in [6, 6.07) is 11.1. The Labute approximate surface area is 169 Å². The molecule has 0 unspecified atom stereocenters. The van der Waals surface area contributed by atoms with Gasteiger partial charge < -0.3 is 14.4 Å². The Morgan fingerprint density at radius 2 is 1.76 bits per heavy atom. The van der Waals surface area contributed by atoms with Crippen LogP contribution in [-0.4, -0.2) is 45.4 Å². The number of amides is 1. The van der Waals surface area contributed by atoms with Crippen molar-refractivity contribution in [3.63, 3.8) is 0 Å². The van der Waals surface area contributed by atoms with Gasteiger partial charge in [-0.2, -0.15) is 0 Å². The van der Waals surface area contributed by atoms with Crippen molar-refractivity contribution in [2.75, 3.05) is 20.4 Å². The number of ketones is 1. The number of nitrogens with one attached hydrogen (secondary N) is 1. The lowest BCUT2D eigenvalue weighted by molar-refractivity contribution is -0.130. The Balaban J connectivity index is 1.51. The molecule has 0 fully saturated rings. The molecule has 0 aliphatic carbocycles. The highest BCUT2D eigenvalue weighted by Crippen LogP contribution is 2.32. The van der Waals surface area contributed by atoms with Crippen LogP contribution in [-0.2, 0) is 21.4 Å². The molecule has 1 N–H and O–H groups in total. The Morgan fingerprint density at radius 1 is 1.07 bits per heavy atom. The number of Topliss-reactive ketones (excluding diaryl/α,β-unsaturated/α-hetero) is 1. The highest BCUT2D eigenvalue weighted by molar-refractivity contribution is 7.89. The molecule has 0 radical (unpaired) electrons. The van der Waals surface area contributed by atoms with Crippen LogP contribution in [0, 0.1) is 0 Å². The van der Waals surface area contributed by atoms with Crippen LogP contribution in [0.5, 0.6) is 11.5 Å². The van der Waals surface area contributed by atoms with Crippen LogP contribution in [0.3, 0.4) is 0 Å². The molecule has 1 aliphatic heterocycles. The number of benzene rings is 2. The van der Waals surface area contributed by atoms with E-state index in [0.29, 0.717) is 23.6 Å². The third-order valence-corrected chi connectivity index (χ3v) is 5.96. The van der Waals surface area contributed by atoms with Gasteiger partial charge in [0.15, 0.2) is 17.3 Å². The summed E-state index contributed by atoms with van der Waals surface area (Å²) >= 11 is 0. The lowest BCUT2D eigenvalue weighted by Gasteiger charge is -2.17. The van der Waals surface area contributed by atoms with Gasteiger partial charge in [0.05, 0.1) is 4.90 Å². The van der Waals surface area contributed by atoms with Gasteiger partial charge in [-0.1, -0.05) is 18.2 Å². The SMILES string of the molecule is CC(=O)c1ccc(S(=O)(=O)NCCC(=O)N(C)Cc2ccc3c(c2)OCO3)cc1. The number of rotatable bonds is 8. The molecule has 3 rings (SSSR count). The molecule has 0 aromatic heterocycles. The van der Waals surface area contributed by atoms with Crippen LogP contribution in [0.1, 0.15) is 29.3 Å². The van der Waals surface area contributed by atoms with Crippen LogP contribution >= 0.6 is 0 Å². The van der Waals surface area contributed by atoms with Crippen LogP contribution in [0.2, 0.25) is 0 Å². The molecule has 9 heteroatoms. The van der Waals surface area contributed by atoms with Crippen molar-refractivity contribution in [1.82, 2.24) is 9.62 Å². The molecular weight excluding hydrogens is 396 g/mol. The van der Waals surface area contributed by atoms with E-state index in [9.17, 15) is 18.0 Å². The second-order valence-corrected chi connectivity index (χ2v) is 8.43. The van der Waals surface area contributed by atoms with Gasteiger partial charge in [-0.25, -0.2) is 13.1 Å². The van der Waals surface area contributed by atoms with Gasteiger partial charge >= 0.3 is 0 Å². The number of fused-ring (bicyclic) bond motifs is 1. The normalized spacial score (nSPS) is 12.6. The number of carbonyl (C=O) groups excluding carboxylic acids is 2. The number of ether oxygens (including phenoxy) is 2. The first-order chi connectivity index (χ1) is 13.8. The van der Waals surface area contributed by atoms with E-state index in [0.717, 1.165) is 5.56 Å². The Bertz CT molecular complexity index is 1020. The average molecular weight is 418 g/mol. The highest BCUT2D eigenvalue weighted by atomic mass is 32.2. The zero-order valence-corrected chi connectivity index (χ0v) is 17.0. The quantitative estimate of drug-likeness (QED) is 0.658. The highest BCUT2D eigenvalue weighted by Gasteiger charge is 2.17. The molecule has 2 aromatic carbocycles. The summed E-state index contributed by atoms with van der Waals surface area (Å²) in [6.07, 6.45) is 0.0197. The van der Waals surface area contributed by atoms with E-state index < -0.39 is 10.0 Å². The van der Waals surface area contributed by atoms with E-state index in [-0.39, 0.29) is 36.3 Å². The van der Waals surface area contributed by atoms with Gasteiger partial charge in [0.1, 0.15) is 0 Å². The lowest BCUT2D eigenvalue weighted by Crippen LogP contribution is -2.32. The molecule has 0 saturated carbocycles. The van der Waals surface area contributed by atoms with Crippen molar-refractivity contribution < 1.29 is 27.5 Å². The fraction of sp³-hybridized carbons (Fsp3) is 0.300. The van der Waals surface area contributed by atoms with Crippen molar-refractivity contribution in [3.05, 3.63) is 53.6 Å². The van der Waals surface area contributed by atoms with E-state index >= 15 is 0 Å². The fourth-order valence-electron chi connectivity index (χ4n) is 2.84. The molecular formula is C20H22N2O6S. The van der Waals surface area contributed by atoms with Gasteiger partial charge in [0.25, 0.3) is 0 Å². The van der Waals surface area contributed by atoms with Crippen molar-refractivity contribution in [1.29, 1.82) is 0 Å². The third-order valence-electron chi connectivity index (χ3n) is 4.48. The maximum absolute atomic E-state index is 12.3. The second kappa shape index (κ2) is 8.62. The summed E-state index contributed by atoms with van der Waals surface area (Å²) in [7, 11) is -2.10. The molecule has 154 valence electrons. The molecule has 1 heterocycles. The van der Waals surface area contributed by atoms with E-state index in [1.807, 2.05) is 12.1 Å². The van der Waals surface area contributed by atoms with Crippen molar-refractivity contribution in [3.8, 4) is 11.5 Å². The fourth-order valence-corrected chi connectivity index (χ4v) is 3.87. The smallest absolute Gasteiger partial charge is 0.240 e. The lowest BCUT2D eigenvalue weighted by atomic mass is 10.2. The van der Waals surface area contributed by atoms with E-state index in [1.54, 1.807) is 13.1 Å². The Hall–Kier alpha value is -2.91. The van der Waals surface area contributed by atoms with E-state index in [1.165, 1.54) is 36.1 Å². The number of hydrogen-bond acceptors (Lipinski definition) is 6. The van der Waals surface area contributed by atoms with Gasteiger partial charge in [0.2, 0.25) is 22.7 Å². The molecule has 0 saturated heterocycles. The number of carbonyl (C=O) groups is 2. The van der Waals surface area contributed by atoms with Gasteiger partial charge in [-0.3, -0.25) is 9.59 Å². The first-order valence-corrected chi connectivity index (χ1v) is 10.5. The van der Waals surface area contributed by atoms with Crippen molar-refractivity contribution >= 4 is 21.7 Å². The summed E-state index contributed by atoms with van der Waals surface area (Å²) in [6.45, 7) is 1.94.